The third-order valence-corrected chi connectivity index (χ3v) is 5.28. The lowest BCUT2D eigenvalue weighted by Gasteiger charge is -2.17. The number of nitrogens with zero attached hydrogens (tertiary/aromatic N) is 2. The Kier molecular flexibility index (Phi) is 7.53. The number of primary amides is 1. The number of aromatic nitrogens is 1. The summed E-state index contributed by atoms with van der Waals surface area (Å²) in [7, 11) is 2.11. The maximum atomic E-state index is 11.1. The van der Waals surface area contributed by atoms with Crippen molar-refractivity contribution < 1.29 is 14.3 Å². The molecule has 0 fully saturated rings. The van der Waals surface area contributed by atoms with E-state index in [0.717, 1.165) is 31.0 Å². The van der Waals surface area contributed by atoms with Crippen LogP contribution in [0.5, 0.6) is 23.1 Å². The van der Waals surface area contributed by atoms with Crippen molar-refractivity contribution in [3.63, 3.8) is 0 Å². The van der Waals surface area contributed by atoms with Crippen LogP contribution < -0.4 is 15.2 Å². The Morgan fingerprint density at radius 2 is 1.56 bits per heavy atom. The van der Waals surface area contributed by atoms with E-state index in [1.54, 1.807) is 12.1 Å². The van der Waals surface area contributed by atoms with E-state index < -0.39 is 5.91 Å². The van der Waals surface area contributed by atoms with Crippen molar-refractivity contribution in [2.75, 3.05) is 13.6 Å². The molecule has 4 rings (SSSR count). The summed E-state index contributed by atoms with van der Waals surface area (Å²) in [6.45, 7) is 1.75. The maximum absolute atomic E-state index is 11.1. The summed E-state index contributed by atoms with van der Waals surface area (Å²) in [4.78, 5) is 17.5. The Morgan fingerprint density at radius 3 is 2.26 bits per heavy atom. The summed E-state index contributed by atoms with van der Waals surface area (Å²) in [5.74, 6) is 2.26. The zero-order valence-corrected chi connectivity index (χ0v) is 19.1. The van der Waals surface area contributed by atoms with Crippen LogP contribution in [0.2, 0.25) is 0 Å². The summed E-state index contributed by atoms with van der Waals surface area (Å²) in [6, 6.07) is 29.2. The van der Waals surface area contributed by atoms with Crippen molar-refractivity contribution in [2.24, 2.45) is 5.73 Å². The molecule has 0 atom stereocenters. The van der Waals surface area contributed by atoms with Crippen molar-refractivity contribution in [1.29, 1.82) is 0 Å². The average molecular weight is 454 g/mol. The minimum atomic E-state index is -0.512. The molecular weight excluding hydrogens is 426 g/mol. The average Bonchev–Trinajstić information content (AvgIpc) is 2.85. The van der Waals surface area contributed by atoms with E-state index in [1.807, 2.05) is 54.6 Å². The Morgan fingerprint density at radius 1 is 0.824 bits per heavy atom. The van der Waals surface area contributed by atoms with Gasteiger partial charge in [-0.3, -0.25) is 4.79 Å². The van der Waals surface area contributed by atoms with Gasteiger partial charge in [-0.25, -0.2) is 4.98 Å². The second-order valence-electron chi connectivity index (χ2n) is 8.05. The van der Waals surface area contributed by atoms with Gasteiger partial charge in [0.2, 0.25) is 11.8 Å². The summed E-state index contributed by atoms with van der Waals surface area (Å²) in [5.41, 5.74) is 8.00. The Hall–Kier alpha value is -4.16. The Bertz CT molecular complexity index is 1210. The molecular formula is C28H27N3O3. The molecule has 0 saturated heterocycles. The molecule has 0 spiro atoms. The first-order valence-corrected chi connectivity index (χ1v) is 11.1. The lowest BCUT2D eigenvalue weighted by atomic mass is 10.1. The van der Waals surface area contributed by atoms with Crippen LogP contribution in [-0.2, 0) is 13.0 Å². The molecule has 0 saturated carbocycles. The lowest BCUT2D eigenvalue weighted by molar-refractivity contribution is 0.1000. The lowest BCUT2D eigenvalue weighted by Crippen LogP contribution is -2.20. The minimum Gasteiger partial charge on any atom is -0.457 e. The maximum Gasteiger partial charge on any atom is 0.250 e. The Balaban J connectivity index is 1.26. The number of carbonyl (C=O) groups is 1. The molecule has 0 aliphatic carbocycles. The molecule has 2 N–H and O–H groups in total. The molecule has 1 aromatic heterocycles. The number of hydrogen-bond acceptors (Lipinski definition) is 5. The second kappa shape index (κ2) is 11.1. The van der Waals surface area contributed by atoms with Crippen LogP contribution in [0.3, 0.4) is 0 Å². The highest BCUT2D eigenvalue weighted by Gasteiger charge is 2.06. The molecule has 0 bridgehead atoms. The third kappa shape index (κ3) is 6.67. The van der Waals surface area contributed by atoms with Crippen molar-refractivity contribution in [3.05, 3.63) is 114 Å². The highest BCUT2D eigenvalue weighted by molar-refractivity contribution is 5.92. The number of carbonyl (C=O) groups excluding carboxylic acids is 1. The van der Waals surface area contributed by atoms with Crippen LogP contribution in [0.4, 0.5) is 0 Å². The Labute approximate surface area is 199 Å². The van der Waals surface area contributed by atoms with E-state index in [1.165, 1.54) is 17.3 Å². The first-order valence-electron chi connectivity index (χ1n) is 11.1. The van der Waals surface area contributed by atoms with Crippen LogP contribution in [0.1, 0.15) is 21.5 Å². The third-order valence-electron chi connectivity index (χ3n) is 5.28. The smallest absolute Gasteiger partial charge is 0.250 e. The molecule has 0 aliphatic heterocycles. The molecule has 1 amide bonds. The van der Waals surface area contributed by atoms with Gasteiger partial charge in [-0.1, -0.05) is 42.5 Å². The van der Waals surface area contributed by atoms with Gasteiger partial charge in [0, 0.05) is 25.4 Å². The number of likely N-dealkylation sites (N-methyl/N-ethyl adjacent to an activating group) is 1. The fourth-order valence-corrected chi connectivity index (χ4v) is 3.47. The largest absolute Gasteiger partial charge is 0.457 e. The van der Waals surface area contributed by atoms with Crippen molar-refractivity contribution in [3.8, 4) is 23.1 Å². The van der Waals surface area contributed by atoms with Gasteiger partial charge in [-0.05, 0) is 67.1 Å². The zero-order valence-electron chi connectivity index (χ0n) is 19.1. The second-order valence-corrected chi connectivity index (χ2v) is 8.05. The van der Waals surface area contributed by atoms with Crippen LogP contribution in [0, 0.1) is 0 Å². The van der Waals surface area contributed by atoms with Gasteiger partial charge in [-0.15, -0.1) is 0 Å². The number of hydrogen-bond donors (Lipinski definition) is 1. The molecule has 3 aromatic carbocycles. The molecule has 0 aliphatic rings. The van der Waals surface area contributed by atoms with Gasteiger partial charge in [0.05, 0.1) is 5.56 Å². The fourth-order valence-electron chi connectivity index (χ4n) is 3.47. The monoisotopic (exact) mass is 453 g/mol. The summed E-state index contributed by atoms with van der Waals surface area (Å²) < 4.78 is 11.7. The van der Waals surface area contributed by atoms with E-state index in [4.69, 9.17) is 15.2 Å². The van der Waals surface area contributed by atoms with Crippen LogP contribution in [0.25, 0.3) is 0 Å². The van der Waals surface area contributed by atoms with Gasteiger partial charge in [0.1, 0.15) is 17.2 Å². The van der Waals surface area contributed by atoms with E-state index in [-0.39, 0.29) is 0 Å². The first kappa shape index (κ1) is 23.0. The molecule has 0 unspecified atom stereocenters. The summed E-state index contributed by atoms with van der Waals surface area (Å²) in [6.07, 6.45) is 2.33. The van der Waals surface area contributed by atoms with Gasteiger partial charge < -0.3 is 20.1 Å². The highest BCUT2D eigenvalue weighted by atomic mass is 16.5. The topological polar surface area (TPSA) is 77.7 Å². The quantitative estimate of drug-likeness (QED) is 0.346. The normalized spacial score (nSPS) is 10.8. The molecule has 6 nitrogen and oxygen atoms in total. The molecule has 4 aromatic rings. The number of nitrogens with two attached hydrogens (primary N) is 1. The minimum absolute atomic E-state index is 0.349. The first-order chi connectivity index (χ1) is 16.5. The van der Waals surface area contributed by atoms with Crippen LogP contribution >= 0.6 is 0 Å². The molecule has 0 radical (unpaired) electrons. The number of para-hydroxylation sites is 1. The van der Waals surface area contributed by atoms with Crippen molar-refractivity contribution in [2.45, 2.75) is 13.0 Å². The molecule has 34 heavy (non-hydrogen) atoms. The van der Waals surface area contributed by atoms with Crippen LogP contribution in [0.15, 0.2) is 97.2 Å². The number of pyridine rings is 1. The number of benzene rings is 3. The molecule has 6 heteroatoms. The number of ether oxygens (including phenoxy) is 2. The zero-order chi connectivity index (χ0) is 23.8. The predicted molar refractivity (Wildman–Crippen MR) is 132 cm³/mol. The summed E-state index contributed by atoms with van der Waals surface area (Å²) in [5, 5.41) is 0. The molecule has 172 valence electrons. The van der Waals surface area contributed by atoms with E-state index in [9.17, 15) is 4.79 Å². The molecule has 1 heterocycles. The predicted octanol–water partition coefficient (Wildman–Crippen LogP) is 5.44. The number of amides is 1. The number of rotatable bonds is 10. The van der Waals surface area contributed by atoms with Crippen molar-refractivity contribution >= 4 is 5.91 Å². The van der Waals surface area contributed by atoms with Crippen molar-refractivity contribution in [1.82, 2.24) is 9.88 Å². The van der Waals surface area contributed by atoms with E-state index in [0.29, 0.717) is 17.2 Å². The van der Waals surface area contributed by atoms with E-state index in [2.05, 4.69) is 41.2 Å². The fraction of sp³-hybridized carbons (Fsp3) is 0.143. The van der Waals surface area contributed by atoms with Crippen LogP contribution in [-0.4, -0.2) is 29.4 Å². The standard InChI is InChI=1S/C28H27N3O3/c1-31(20-22-6-5-9-26(18-22)33-24-7-3-2-4-8-24)17-16-21-10-13-25(14-11-21)34-27-15-12-23(19-30-27)28(29)32/h2-15,18-19H,16-17,20H2,1H3,(H2,29,32). The van der Waals surface area contributed by atoms with Gasteiger partial charge in [0.15, 0.2) is 0 Å². The SMILES string of the molecule is CN(CCc1ccc(Oc2ccc(C(N)=O)cn2)cc1)Cc1cccc(Oc2ccccc2)c1. The summed E-state index contributed by atoms with van der Waals surface area (Å²) >= 11 is 0. The van der Waals surface area contributed by atoms with Gasteiger partial charge in [-0.2, -0.15) is 0 Å². The highest BCUT2D eigenvalue weighted by Crippen LogP contribution is 2.23. The van der Waals surface area contributed by atoms with Gasteiger partial charge in [0.25, 0.3) is 0 Å². The van der Waals surface area contributed by atoms with E-state index >= 15 is 0 Å². The van der Waals surface area contributed by atoms with Gasteiger partial charge >= 0.3 is 0 Å².